The number of amidine groups is 1. The number of Topliss-reactive ketones (excluding diaryl/α,β-unsaturated/α-hetero) is 1. The summed E-state index contributed by atoms with van der Waals surface area (Å²) in [7, 11) is 0. The Kier molecular flexibility index (Phi) is 2.63. The molecule has 1 aliphatic carbocycles. The fraction of sp³-hybridized carbons (Fsp3) is 0.286. The van der Waals surface area contributed by atoms with Crippen molar-refractivity contribution < 1.29 is 4.79 Å². The van der Waals surface area contributed by atoms with Crippen LogP contribution in [0.3, 0.4) is 0 Å². The highest BCUT2D eigenvalue weighted by molar-refractivity contribution is 6.07. The van der Waals surface area contributed by atoms with Crippen molar-refractivity contribution >= 4 is 17.3 Å². The van der Waals surface area contributed by atoms with Crippen molar-refractivity contribution in [1.82, 2.24) is 0 Å². The fourth-order valence-corrected chi connectivity index (χ4v) is 2.07. The second-order valence-electron chi connectivity index (χ2n) is 4.70. The number of ketones is 1. The highest BCUT2D eigenvalue weighted by Crippen LogP contribution is 2.33. The molecule has 1 fully saturated rings. The molecule has 1 atom stereocenters. The molecule has 1 heterocycles. The second kappa shape index (κ2) is 4.29. The normalized spacial score (nSPS) is 22.8. The molecule has 0 spiro atoms. The molecule has 0 aromatic heterocycles. The standard InChI is InChI=1S/C14H15N3O/c15-14-12(13(18)10-6-7-10)8-9-17(16-14)11-4-2-1-3-5-11/h1-5,8-10,12H,6-7H2,(H2,15,16). The molecule has 1 aliphatic heterocycles. The molecule has 0 radical (unpaired) electrons. The molecule has 0 saturated heterocycles. The molecule has 4 heteroatoms. The van der Waals surface area contributed by atoms with E-state index in [-0.39, 0.29) is 17.6 Å². The molecule has 1 aromatic rings. The predicted molar refractivity (Wildman–Crippen MR) is 70.9 cm³/mol. The third-order valence-corrected chi connectivity index (χ3v) is 3.27. The smallest absolute Gasteiger partial charge is 0.150 e. The first-order chi connectivity index (χ1) is 8.75. The minimum Gasteiger partial charge on any atom is -0.385 e. The van der Waals surface area contributed by atoms with E-state index in [0.29, 0.717) is 5.84 Å². The largest absolute Gasteiger partial charge is 0.385 e. The third kappa shape index (κ3) is 2.01. The van der Waals surface area contributed by atoms with E-state index < -0.39 is 0 Å². The maximum atomic E-state index is 12.0. The Labute approximate surface area is 106 Å². The molecule has 0 amide bonds. The van der Waals surface area contributed by atoms with Gasteiger partial charge in [-0.05, 0) is 31.1 Å². The Bertz CT molecular complexity index is 517. The van der Waals surface area contributed by atoms with Crippen molar-refractivity contribution in [2.75, 3.05) is 5.01 Å². The summed E-state index contributed by atoms with van der Waals surface area (Å²) in [5, 5.41) is 5.99. The van der Waals surface area contributed by atoms with Crippen molar-refractivity contribution in [3.05, 3.63) is 42.6 Å². The van der Waals surface area contributed by atoms with Gasteiger partial charge in [-0.1, -0.05) is 18.2 Å². The molecule has 2 aliphatic rings. The zero-order valence-corrected chi connectivity index (χ0v) is 9.99. The van der Waals surface area contributed by atoms with Gasteiger partial charge in [-0.25, -0.2) is 5.01 Å². The minimum atomic E-state index is -0.336. The Balaban J connectivity index is 1.80. The van der Waals surface area contributed by atoms with E-state index in [0.717, 1.165) is 18.5 Å². The van der Waals surface area contributed by atoms with Gasteiger partial charge in [-0.2, -0.15) is 5.10 Å². The average Bonchev–Trinajstić information content (AvgIpc) is 3.23. The van der Waals surface area contributed by atoms with E-state index >= 15 is 0 Å². The number of hydrazone groups is 1. The maximum absolute atomic E-state index is 12.0. The Morgan fingerprint density at radius 1 is 1.28 bits per heavy atom. The number of carbonyl (C=O) groups excluding carboxylic acids is 1. The summed E-state index contributed by atoms with van der Waals surface area (Å²) >= 11 is 0. The maximum Gasteiger partial charge on any atom is 0.150 e. The van der Waals surface area contributed by atoms with Gasteiger partial charge in [0.05, 0.1) is 11.6 Å². The lowest BCUT2D eigenvalue weighted by Crippen LogP contribution is -2.35. The first kappa shape index (κ1) is 11.0. The number of rotatable bonds is 3. The first-order valence-electron chi connectivity index (χ1n) is 6.16. The summed E-state index contributed by atoms with van der Waals surface area (Å²) in [4.78, 5) is 12.0. The van der Waals surface area contributed by atoms with Crippen LogP contribution in [0.5, 0.6) is 0 Å². The number of nitrogens with two attached hydrogens (primary N) is 1. The van der Waals surface area contributed by atoms with Crippen molar-refractivity contribution in [3.8, 4) is 0 Å². The van der Waals surface area contributed by atoms with Crippen LogP contribution in [0.4, 0.5) is 5.69 Å². The molecular formula is C14H15N3O. The van der Waals surface area contributed by atoms with E-state index in [1.54, 1.807) is 5.01 Å². The molecule has 92 valence electrons. The number of nitrogens with zero attached hydrogens (tertiary/aromatic N) is 2. The zero-order valence-electron chi connectivity index (χ0n) is 9.99. The van der Waals surface area contributed by atoms with Crippen molar-refractivity contribution in [1.29, 1.82) is 0 Å². The molecule has 3 rings (SSSR count). The Morgan fingerprint density at radius 3 is 2.61 bits per heavy atom. The van der Waals surface area contributed by atoms with Crippen LogP contribution in [0.2, 0.25) is 0 Å². The second-order valence-corrected chi connectivity index (χ2v) is 4.70. The Hall–Kier alpha value is -2.10. The van der Waals surface area contributed by atoms with E-state index in [9.17, 15) is 4.79 Å². The summed E-state index contributed by atoms with van der Waals surface area (Å²) in [5.74, 6) is 0.465. The Morgan fingerprint density at radius 2 is 2.00 bits per heavy atom. The van der Waals surface area contributed by atoms with Gasteiger partial charge in [-0.3, -0.25) is 4.79 Å². The summed E-state index contributed by atoms with van der Waals surface area (Å²) in [6, 6.07) is 9.73. The van der Waals surface area contributed by atoms with E-state index in [4.69, 9.17) is 5.73 Å². The molecular weight excluding hydrogens is 226 g/mol. The van der Waals surface area contributed by atoms with Gasteiger partial charge in [0, 0.05) is 12.1 Å². The monoisotopic (exact) mass is 241 g/mol. The van der Waals surface area contributed by atoms with Gasteiger partial charge < -0.3 is 5.73 Å². The van der Waals surface area contributed by atoms with E-state index in [1.165, 1.54) is 0 Å². The first-order valence-corrected chi connectivity index (χ1v) is 6.16. The highest BCUT2D eigenvalue weighted by Gasteiger charge is 2.36. The quantitative estimate of drug-likeness (QED) is 0.879. The lowest BCUT2D eigenvalue weighted by atomic mass is 9.98. The summed E-state index contributed by atoms with van der Waals surface area (Å²) in [6.07, 6.45) is 5.66. The number of para-hydroxylation sites is 1. The average molecular weight is 241 g/mol. The van der Waals surface area contributed by atoms with Gasteiger partial charge in [-0.15, -0.1) is 0 Å². The van der Waals surface area contributed by atoms with Crippen LogP contribution in [0.25, 0.3) is 0 Å². The van der Waals surface area contributed by atoms with Crippen LogP contribution in [0.1, 0.15) is 12.8 Å². The summed E-state index contributed by atoms with van der Waals surface area (Å²) in [6.45, 7) is 0. The molecule has 2 N–H and O–H groups in total. The molecule has 1 unspecified atom stereocenters. The SMILES string of the molecule is NC1=NN(c2ccccc2)C=CC1C(=O)C1CC1. The highest BCUT2D eigenvalue weighted by atomic mass is 16.1. The minimum absolute atomic E-state index is 0.205. The lowest BCUT2D eigenvalue weighted by Gasteiger charge is -2.22. The summed E-state index contributed by atoms with van der Waals surface area (Å²) in [5.41, 5.74) is 6.85. The topological polar surface area (TPSA) is 58.7 Å². The zero-order chi connectivity index (χ0) is 12.5. The number of hydrogen-bond acceptors (Lipinski definition) is 4. The molecule has 0 bridgehead atoms. The molecule has 1 saturated carbocycles. The van der Waals surface area contributed by atoms with Crippen LogP contribution in [-0.4, -0.2) is 11.6 Å². The van der Waals surface area contributed by atoms with Gasteiger partial charge in [0.25, 0.3) is 0 Å². The van der Waals surface area contributed by atoms with Crippen LogP contribution >= 0.6 is 0 Å². The van der Waals surface area contributed by atoms with Crippen LogP contribution in [0, 0.1) is 11.8 Å². The number of benzene rings is 1. The van der Waals surface area contributed by atoms with Crippen LogP contribution in [0.15, 0.2) is 47.7 Å². The number of carbonyl (C=O) groups is 1. The van der Waals surface area contributed by atoms with Gasteiger partial charge in [0.2, 0.25) is 0 Å². The third-order valence-electron chi connectivity index (χ3n) is 3.27. The molecule has 4 nitrogen and oxygen atoms in total. The molecule has 1 aromatic carbocycles. The van der Waals surface area contributed by atoms with Crippen LogP contribution < -0.4 is 10.7 Å². The lowest BCUT2D eigenvalue weighted by molar-refractivity contribution is -0.121. The predicted octanol–water partition coefficient (Wildman–Crippen LogP) is 1.89. The van der Waals surface area contributed by atoms with Gasteiger partial charge in [0.15, 0.2) is 0 Å². The van der Waals surface area contributed by atoms with Crippen LogP contribution in [-0.2, 0) is 4.79 Å². The van der Waals surface area contributed by atoms with Crippen molar-refractivity contribution in [2.24, 2.45) is 22.7 Å². The van der Waals surface area contributed by atoms with Gasteiger partial charge in [0.1, 0.15) is 11.6 Å². The van der Waals surface area contributed by atoms with E-state index in [2.05, 4.69) is 5.10 Å². The van der Waals surface area contributed by atoms with Gasteiger partial charge >= 0.3 is 0 Å². The number of hydrogen-bond donors (Lipinski definition) is 1. The van der Waals surface area contributed by atoms with Crippen molar-refractivity contribution in [3.63, 3.8) is 0 Å². The number of anilines is 1. The summed E-state index contributed by atoms with van der Waals surface area (Å²) < 4.78 is 0. The van der Waals surface area contributed by atoms with E-state index in [1.807, 2.05) is 42.6 Å². The molecule has 18 heavy (non-hydrogen) atoms. The van der Waals surface area contributed by atoms with Crippen molar-refractivity contribution in [2.45, 2.75) is 12.8 Å². The fourth-order valence-electron chi connectivity index (χ4n) is 2.07.